The normalized spacial score (nSPS) is 11.4. The molecule has 2 heterocycles. The minimum absolute atomic E-state index is 0.0401. The topological polar surface area (TPSA) is 56.3 Å². The molecule has 4 nitrogen and oxygen atoms in total. The molecule has 18 heavy (non-hydrogen) atoms. The van der Waals surface area contributed by atoms with Gasteiger partial charge >= 0.3 is 0 Å². The third kappa shape index (κ3) is 2.70. The number of aryl methyl sites for hydroxylation is 1. The number of thiophene rings is 1. The van der Waals surface area contributed by atoms with Crippen LogP contribution in [0.15, 0.2) is 34.0 Å². The molecular formula is C12H13NO3S2. The van der Waals surface area contributed by atoms with Gasteiger partial charge in [0.05, 0.1) is 17.8 Å². The number of hydrogen-bond donors (Lipinski definition) is 0. The Labute approximate surface area is 110 Å². The standard InChI is InChI=1S/C12H13NO3S2/c1-9-5-10(6-13-12(9)16-2)8-18(14,15)11-3-4-17-7-11/h3-7H,8H2,1-2H3. The lowest BCUT2D eigenvalue weighted by Gasteiger charge is -2.06. The highest BCUT2D eigenvalue weighted by molar-refractivity contribution is 7.90. The third-order valence-corrected chi connectivity index (χ3v) is 5.01. The first kappa shape index (κ1) is 13.0. The van der Waals surface area contributed by atoms with Crippen LogP contribution in [0.1, 0.15) is 11.1 Å². The molecule has 2 aromatic rings. The SMILES string of the molecule is COc1ncc(CS(=O)(=O)c2ccsc2)cc1C. The molecule has 0 amide bonds. The first-order valence-corrected chi connectivity index (χ1v) is 7.87. The first-order chi connectivity index (χ1) is 8.53. The second-order valence-corrected chi connectivity index (χ2v) is 6.66. The summed E-state index contributed by atoms with van der Waals surface area (Å²) in [5, 5.41) is 3.39. The number of aromatic nitrogens is 1. The molecule has 0 fully saturated rings. The highest BCUT2D eigenvalue weighted by Gasteiger charge is 2.16. The molecule has 0 bridgehead atoms. The van der Waals surface area contributed by atoms with Crippen molar-refractivity contribution in [1.82, 2.24) is 4.98 Å². The maximum absolute atomic E-state index is 12.1. The highest BCUT2D eigenvalue weighted by atomic mass is 32.2. The lowest BCUT2D eigenvalue weighted by molar-refractivity contribution is 0.394. The summed E-state index contributed by atoms with van der Waals surface area (Å²) in [5.41, 5.74) is 1.50. The van der Waals surface area contributed by atoms with Crippen LogP contribution in [0.2, 0.25) is 0 Å². The number of methoxy groups -OCH3 is 1. The minimum Gasteiger partial charge on any atom is -0.481 e. The van der Waals surface area contributed by atoms with Crippen LogP contribution in [0.3, 0.4) is 0 Å². The van der Waals surface area contributed by atoms with Crippen LogP contribution in [0.4, 0.5) is 0 Å². The van der Waals surface area contributed by atoms with Gasteiger partial charge in [-0.1, -0.05) is 0 Å². The Bertz CT molecular complexity index is 633. The monoisotopic (exact) mass is 283 g/mol. The Hall–Kier alpha value is -1.40. The summed E-state index contributed by atoms with van der Waals surface area (Å²) in [6, 6.07) is 3.40. The Balaban J connectivity index is 2.27. The van der Waals surface area contributed by atoms with Crippen LogP contribution in [-0.4, -0.2) is 20.5 Å². The zero-order chi connectivity index (χ0) is 13.2. The van der Waals surface area contributed by atoms with E-state index < -0.39 is 9.84 Å². The van der Waals surface area contributed by atoms with Gasteiger partial charge in [0.25, 0.3) is 0 Å². The Morgan fingerprint density at radius 2 is 2.22 bits per heavy atom. The van der Waals surface area contributed by atoms with Gasteiger partial charge in [-0.15, -0.1) is 0 Å². The van der Waals surface area contributed by atoms with Crippen molar-refractivity contribution in [3.05, 3.63) is 40.2 Å². The van der Waals surface area contributed by atoms with E-state index in [2.05, 4.69) is 4.98 Å². The van der Waals surface area contributed by atoms with Gasteiger partial charge in [0, 0.05) is 17.1 Å². The fourth-order valence-electron chi connectivity index (χ4n) is 1.64. The van der Waals surface area contributed by atoms with Crippen LogP contribution in [0.25, 0.3) is 0 Å². The number of rotatable bonds is 4. The van der Waals surface area contributed by atoms with E-state index in [4.69, 9.17) is 4.74 Å². The average Bonchev–Trinajstić information content (AvgIpc) is 2.82. The van der Waals surface area contributed by atoms with Gasteiger partial charge in [-0.05, 0) is 30.0 Å². The van der Waals surface area contributed by atoms with Gasteiger partial charge in [0.2, 0.25) is 5.88 Å². The number of ether oxygens (including phenoxy) is 1. The Morgan fingerprint density at radius 3 is 2.78 bits per heavy atom. The summed E-state index contributed by atoms with van der Waals surface area (Å²) in [6.07, 6.45) is 1.54. The zero-order valence-electron chi connectivity index (χ0n) is 10.1. The van der Waals surface area contributed by atoms with E-state index in [1.807, 2.05) is 6.92 Å². The van der Waals surface area contributed by atoms with Gasteiger partial charge in [-0.2, -0.15) is 11.3 Å². The molecule has 0 spiro atoms. The van der Waals surface area contributed by atoms with E-state index in [9.17, 15) is 8.42 Å². The molecule has 0 saturated carbocycles. The van der Waals surface area contributed by atoms with E-state index >= 15 is 0 Å². The van der Waals surface area contributed by atoms with Crippen LogP contribution in [0, 0.1) is 6.92 Å². The van der Waals surface area contributed by atoms with Crippen LogP contribution >= 0.6 is 11.3 Å². The molecule has 2 aromatic heterocycles. The molecule has 0 aromatic carbocycles. The van der Waals surface area contributed by atoms with E-state index in [-0.39, 0.29) is 5.75 Å². The predicted molar refractivity (Wildman–Crippen MR) is 70.7 cm³/mol. The smallest absolute Gasteiger partial charge is 0.215 e. The predicted octanol–water partition coefficient (Wildman–Crippen LogP) is 2.43. The van der Waals surface area contributed by atoms with Crippen LogP contribution in [0.5, 0.6) is 5.88 Å². The molecule has 0 aliphatic heterocycles. The van der Waals surface area contributed by atoms with E-state index in [1.165, 1.54) is 24.6 Å². The Morgan fingerprint density at radius 1 is 1.44 bits per heavy atom. The van der Waals surface area contributed by atoms with Crippen molar-refractivity contribution in [1.29, 1.82) is 0 Å². The van der Waals surface area contributed by atoms with Crippen molar-refractivity contribution in [2.45, 2.75) is 17.6 Å². The summed E-state index contributed by atoms with van der Waals surface area (Å²) in [7, 11) is -1.74. The Kier molecular flexibility index (Phi) is 3.68. The van der Waals surface area contributed by atoms with Gasteiger partial charge in [0.15, 0.2) is 9.84 Å². The van der Waals surface area contributed by atoms with Crippen molar-refractivity contribution in [3.63, 3.8) is 0 Å². The van der Waals surface area contributed by atoms with Gasteiger partial charge in [0.1, 0.15) is 0 Å². The van der Waals surface area contributed by atoms with Crippen molar-refractivity contribution in [2.24, 2.45) is 0 Å². The quantitative estimate of drug-likeness (QED) is 0.864. The second-order valence-electron chi connectivity index (χ2n) is 3.89. The van der Waals surface area contributed by atoms with Crippen molar-refractivity contribution in [3.8, 4) is 5.88 Å². The fourth-order valence-corrected chi connectivity index (χ4v) is 4.04. The minimum atomic E-state index is -3.28. The van der Waals surface area contributed by atoms with Crippen molar-refractivity contribution < 1.29 is 13.2 Å². The summed E-state index contributed by atoms with van der Waals surface area (Å²) < 4.78 is 29.2. The molecule has 0 radical (unpaired) electrons. The molecule has 2 rings (SSSR count). The molecule has 0 saturated heterocycles. The number of pyridine rings is 1. The van der Waals surface area contributed by atoms with Crippen LogP contribution < -0.4 is 4.74 Å². The lowest BCUT2D eigenvalue weighted by Crippen LogP contribution is -2.05. The maximum Gasteiger partial charge on any atom is 0.215 e. The summed E-state index contributed by atoms with van der Waals surface area (Å²) >= 11 is 1.37. The van der Waals surface area contributed by atoms with Crippen molar-refractivity contribution >= 4 is 21.2 Å². The summed E-state index contributed by atoms with van der Waals surface area (Å²) in [5.74, 6) is 0.480. The molecule has 0 atom stereocenters. The number of sulfone groups is 1. The number of hydrogen-bond acceptors (Lipinski definition) is 5. The van der Waals surface area contributed by atoms with Crippen molar-refractivity contribution in [2.75, 3.05) is 7.11 Å². The average molecular weight is 283 g/mol. The second kappa shape index (κ2) is 5.07. The van der Waals surface area contributed by atoms with Gasteiger partial charge in [-0.3, -0.25) is 0 Å². The molecule has 0 aliphatic rings. The molecule has 0 unspecified atom stereocenters. The van der Waals surface area contributed by atoms with E-state index in [0.717, 1.165) is 5.56 Å². The number of nitrogens with zero attached hydrogens (tertiary/aromatic N) is 1. The highest BCUT2D eigenvalue weighted by Crippen LogP contribution is 2.21. The fraction of sp³-hybridized carbons (Fsp3) is 0.250. The van der Waals surface area contributed by atoms with Gasteiger partial charge in [-0.25, -0.2) is 13.4 Å². The summed E-state index contributed by atoms with van der Waals surface area (Å²) in [4.78, 5) is 4.44. The molecule has 6 heteroatoms. The lowest BCUT2D eigenvalue weighted by atomic mass is 10.2. The van der Waals surface area contributed by atoms with E-state index in [0.29, 0.717) is 16.3 Å². The summed E-state index contributed by atoms with van der Waals surface area (Å²) in [6.45, 7) is 1.84. The molecule has 0 N–H and O–H groups in total. The third-order valence-electron chi connectivity index (χ3n) is 2.49. The largest absolute Gasteiger partial charge is 0.481 e. The van der Waals surface area contributed by atoms with Crippen LogP contribution in [-0.2, 0) is 15.6 Å². The molecular weight excluding hydrogens is 270 g/mol. The zero-order valence-corrected chi connectivity index (χ0v) is 11.7. The van der Waals surface area contributed by atoms with E-state index in [1.54, 1.807) is 22.9 Å². The molecule has 96 valence electrons. The first-order valence-electron chi connectivity index (χ1n) is 5.27. The molecule has 0 aliphatic carbocycles. The maximum atomic E-state index is 12.1. The van der Waals surface area contributed by atoms with Gasteiger partial charge < -0.3 is 4.74 Å².